The molecular weight excluding hydrogens is 208 g/mol. The second-order valence-electron chi connectivity index (χ2n) is 5.06. The first-order valence-corrected chi connectivity index (χ1v) is 5.65. The van der Waals surface area contributed by atoms with E-state index in [0.29, 0.717) is 13.2 Å². The lowest BCUT2D eigenvalue weighted by Gasteiger charge is -2.29. The zero-order valence-corrected chi connectivity index (χ0v) is 10.6. The quantitative estimate of drug-likeness (QED) is 0.764. The second kappa shape index (κ2) is 5.50. The maximum atomic E-state index is 11.7. The number of hydrogen-bond donors (Lipinski definition) is 1. The van der Waals surface area contributed by atoms with Crippen molar-refractivity contribution in [2.24, 2.45) is 0 Å². The fraction of sp³-hybridized carbons (Fsp3) is 0.909. The van der Waals surface area contributed by atoms with E-state index < -0.39 is 5.60 Å². The van der Waals surface area contributed by atoms with E-state index in [0.717, 1.165) is 13.1 Å². The van der Waals surface area contributed by atoms with Crippen molar-refractivity contribution < 1.29 is 14.3 Å². The molecule has 0 unspecified atom stereocenters. The van der Waals surface area contributed by atoms with Crippen molar-refractivity contribution >= 4 is 6.09 Å². The zero-order chi connectivity index (χ0) is 12.2. The van der Waals surface area contributed by atoms with Gasteiger partial charge in [-0.15, -0.1) is 0 Å². The molecule has 0 radical (unpaired) electrons. The molecule has 1 saturated heterocycles. The number of ether oxygens (including phenoxy) is 2. The maximum absolute atomic E-state index is 11.7. The molecule has 1 N–H and O–H groups in total. The topological polar surface area (TPSA) is 50.8 Å². The Hall–Kier alpha value is -0.810. The first-order valence-electron chi connectivity index (χ1n) is 5.65. The third-order valence-corrected chi connectivity index (χ3v) is 2.19. The van der Waals surface area contributed by atoms with Crippen molar-refractivity contribution in [2.45, 2.75) is 32.5 Å². The summed E-state index contributed by atoms with van der Waals surface area (Å²) in [6.45, 7) is 8.50. The molecule has 1 aliphatic rings. The van der Waals surface area contributed by atoms with Gasteiger partial charge in [0.15, 0.2) is 0 Å². The minimum absolute atomic E-state index is 0.0614. The number of amides is 1. The Labute approximate surface area is 97.1 Å². The van der Waals surface area contributed by atoms with Gasteiger partial charge in [0, 0.05) is 20.1 Å². The molecule has 0 aromatic heterocycles. The number of carbonyl (C=O) groups is 1. The van der Waals surface area contributed by atoms with Crippen LogP contribution in [-0.4, -0.2) is 56.0 Å². The van der Waals surface area contributed by atoms with Gasteiger partial charge in [0.2, 0.25) is 0 Å². The summed E-state index contributed by atoms with van der Waals surface area (Å²) in [5, 5.41) is 3.22. The van der Waals surface area contributed by atoms with E-state index in [9.17, 15) is 4.79 Å². The predicted molar refractivity (Wildman–Crippen MR) is 61.5 cm³/mol. The molecule has 1 atom stereocenters. The molecule has 1 heterocycles. The van der Waals surface area contributed by atoms with Crippen molar-refractivity contribution in [1.29, 1.82) is 0 Å². The van der Waals surface area contributed by atoms with E-state index in [1.54, 1.807) is 11.9 Å². The summed E-state index contributed by atoms with van der Waals surface area (Å²) in [4.78, 5) is 13.2. The normalized spacial score (nSPS) is 21.6. The van der Waals surface area contributed by atoms with Crippen LogP contribution in [0.5, 0.6) is 0 Å². The van der Waals surface area contributed by atoms with Crippen LogP contribution in [0, 0.1) is 0 Å². The molecule has 5 nitrogen and oxygen atoms in total. The average Bonchev–Trinajstić information content (AvgIpc) is 2.16. The molecule has 0 aliphatic carbocycles. The molecule has 5 heteroatoms. The van der Waals surface area contributed by atoms with Crippen molar-refractivity contribution in [3.8, 4) is 0 Å². The van der Waals surface area contributed by atoms with Crippen LogP contribution < -0.4 is 5.32 Å². The molecule has 1 rings (SSSR count). The molecule has 0 spiro atoms. The van der Waals surface area contributed by atoms with Crippen molar-refractivity contribution in [3.63, 3.8) is 0 Å². The van der Waals surface area contributed by atoms with Crippen molar-refractivity contribution in [1.82, 2.24) is 10.2 Å². The van der Waals surface area contributed by atoms with E-state index in [2.05, 4.69) is 5.32 Å². The van der Waals surface area contributed by atoms with E-state index in [1.165, 1.54) is 0 Å². The summed E-state index contributed by atoms with van der Waals surface area (Å²) in [6, 6.07) is 0. The van der Waals surface area contributed by atoms with E-state index in [-0.39, 0.29) is 12.2 Å². The Morgan fingerprint density at radius 2 is 2.25 bits per heavy atom. The number of nitrogens with zero attached hydrogens (tertiary/aromatic N) is 1. The lowest BCUT2D eigenvalue weighted by Crippen LogP contribution is -2.46. The van der Waals surface area contributed by atoms with Gasteiger partial charge in [0.05, 0.1) is 19.3 Å². The first kappa shape index (κ1) is 13.3. The van der Waals surface area contributed by atoms with Crippen molar-refractivity contribution in [2.75, 3.05) is 33.3 Å². The number of nitrogens with one attached hydrogen (secondary N) is 1. The summed E-state index contributed by atoms with van der Waals surface area (Å²) in [7, 11) is 1.73. The highest BCUT2D eigenvalue weighted by Crippen LogP contribution is 2.09. The van der Waals surface area contributed by atoms with Gasteiger partial charge >= 0.3 is 6.09 Å². The lowest BCUT2D eigenvalue weighted by atomic mass is 10.2. The summed E-state index contributed by atoms with van der Waals surface area (Å²) in [5.74, 6) is 0. The molecule has 0 bridgehead atoms. The van der Waals surface area contributed by atoms with E-state index in [4.69, 9.17) is 9.47 Å². The standard InChI is InChI=1S/C11H22N2O3/c1-11(2,3)16-10(14)13(4)8-9-7-12-5-6-15-9/h9,12H,5-8H2,1-4H3/t9-/m1/s1. The highest BCUT2D eigenvalue weighted by molar-refractivity contribution is 5.67. The lowest BCUT2D eigenvalue weighted by molar-refractivity contribution is -0.00696. The van der Waals surface area contributed by atoms with Crippen LogP contribution in [0.3, 0.4) is 0 Å². The molecule has 0 aromatic rings. The monoisotopic (exact) mass is 230 g/mol. The van der Waals surface area contributed by atoms with E-state index >= 15 is 0 Å². The van der Waals surface area contributed by atoms with Gasteiger partial charge in [-0.05, 0) is 20.8 Å². The van der Waals surface area contributed by atoms with Gasteiger partial charge in [0.1, 0.15) is 5.60 Å². The Kier molecular flexibility index (Phi) is 4.56. The predicted octanol–water partition coefficient (Wildman–Crippen LogP) is 0.842. The zero-order valence-electron chi connectivity index (χ0n) is 10.6. The van der Waals surface area contributed by atoms with Crippen LogP contribution in [0.15, 0.2) is 0 Å². The highest BCUT2D eigenvalue weighted by Gasteiger charge is 2.23. The minimum atomic E-state index is -0.447. The van der Waals surface area contributed by atoms with E-state index in [1.807, 2.05) is 20.8 Å². The molecule has 1 fully saturated rings. The molecule has 94 valence electrons. The summed E-state index contributed by atoms with van der Waals surface area (Å²) in [6.07, 6.45) is -0.243. The second-order valence-corrected chi connectivity index (χ2v) is 5.06. The Morgan fingerprint density at radius 3 is 2.75 bits per heavy atom. The molecule has 0 aromatic carbocycles. The average molecular weight is 230 g/mol. The Bertz CT molecular complexity index is 232. The number of morpholine rings is 1. The van der Waals surface area contributed by atoms with Crippen LogP contribution in [0.2, 0.25) is 0 Å². The van der Waals surface area contributed by atoms with Crippen LogP contribution in [-0.2, 0) is 9.47 Å². The first-order chi connectivity index (χ1) is 7.38. The third-order valence-electron chi connectivity index (χ3n) is 2.19. The SMILES string of the molecule is CN(C[C@H]1CNCCO1)C(=O)OC(C)(C)C. The van der Waals surface area contributed by atoms with Crippen LogP contribution >= 0.6 is 0 Å². The smallest absolute Gasteiger partial charge is 0.410 e. The van der Waals surface area contributed by atoms with Crippen LogP contribution in [0.4, 0.5) is 4.79 Å². The Morgan fingerprint density at radius 1 is 1.56 bits per heavy atom. The molecule has 1 amide bonds. The van der Waals surface area contributed by atoms with Gasteiger partial charge in [-0.3, -0.25) is 0 Å². The van der Waals surface area contributed by atoms with Gasteiger partial charge < -0.3 is 19.7 Å². The maximum Gasteiger partial charge on any atom is 0.410 e. The molecule has 1 aliphatic heterocycles. The largest absolute Gasteiger partial charge is 0.444 e. The molecule has 0 saturated carbocycles. The summed E-state index contributed by atoms with van der Waals surface area (Å²) < 4.78 is 10.8. The number of hydrogen-bond acceptors (Lipinski definition) is 4. The van der Waals surface area contributed by atoms with Gasteiger partial charge in [-0.25, -0.2) is 4.79 Å². The van der Waals surface area contributed by atoms with Crippen LogP contribution in [0.1, 0.15) is 20.8 Å². The highest BCUT2D eigenvalue weighted by atomic mass is 16.6. The van der Waals surface area contributed by atoms with Crippen molar-refractivity contribution in [3.05, 3.63) is 0 Å². The van der Waals surface area contributed by atoms with Gasteiger partial charge in [-0.1, -0.05) is 0 Å². The summed E-state index contributed by atoms with van der Waals surface area (Å²) in [5.41, 5.74) is -0.447. The fourth-order valence-corrected chi connectivity index (χ4v) is 1.46. The van der Waals surface area contributed by atoms with Gasteiger partial charge in [0.25, 0.3) is 0 Å². The third kappa shape index (κ3) is 4.81. The van der Waals surface area contributed by atoms with Gasteiger partial charge in [-0.2, -0.15) is 0 Å². The minimum Gasteiger partial charge on any atom is -0.444 e. The molecular formula is C11H22N2O3. The number of rotatable bonds is 2. The van der Waals surface area contributed by atoms with Crippen LogP contribution in [0.25, 0.3) is 0 Å². The molecule has 16 heavy (non-hydrogen) atoms. The fourth-order valence-electron chi connectivity index (χ4n) is 1.46. The number of carbonyl (C=O) groups excluding carboxylic acids is 1. The number of likely N-dealkylation sites (N-methyl/N-ethyl adjacent to an activating group) is 1. The Balaban J connectivity index is 2.33. The summed E-state index contributed by atoms with van der Waals surface area (Å²) >= 11 is 0.